The lowest BCUT2D eigenvalue weighted by Gasteiger charge is -2.32. The zero-order valence-electron chi connectivity index (χ0n) is 10.7. The van der Waals surface area contributed by atoms with Crippen molar-refractivity contribution in [3.63, 3.8) is 0 Å². The van der Waals surface area contributed by atoms with Crippen LogP contribution in [0.3, 0.4) is 0 Å². The van der Waals surface area contributed by atoms with Crippen molar-refractivity contribution in [1.82, 2.24) is 15.1 Å². The minimum Gasteiger partial charge on any atom is -0.314 e. The number of hydrogen-bond donors (Lipinski definition) is 1. The van der Waals surface area contributed by atoms with Gasteiger partial charge >= 0.3 is 0 Å². The summed E-state index contributed by atoms with van der Waals surface area (Å²) in [5.74, 6) is 0.917. The lowest BCUT2D eigenvalue weighted by molar-refractivity contribution is 0.173. The lowest BCUT2D eigenvalue weighted by atomic mass is 10.0. The minimum absolute atomic E-state index is 0.917. The van der Waals surface area contributed by atoms with E-state index in [2.05, 4.69) is 22.0 Å². The normalized spacial score (nSPS) is 30.2. The first-order valence-electron chi connectivity index (χ1n) is 7.04. The van der Waals surface area contributed by atoms with E-state index in [1.165, 1.54) is 71.6 Å². The van der Waals surface area contributed by atoms with Gasteiger partial charge in [-0.05, 0) is 31.8 Å². The summed E-state index contributed by atoms with van der Waals surface area (Å²) in [6.45, 7) is 12.4. The predicted octanol–water partition coefficient (Wildman–Crippen LogP) is 1.01. The van der Waals surface area contributed by atoms with Crippen molar-refractivity contribution >= 4 is 0 Å². The second-order valence-corrected chi connectivity index (χ2v) is 5.31. The van der Waals surface area contributed by atoms with Gasteiger partial charge in [-0.2, -0.15) is 0 Å². The molecule has 1 atom stereocenters. The molecule has 1 unspecified atom stereocenters. The Hall–Kier alpha value is -0.120. The van der Waals surface area contributed by atoms with Crippen LogP contribution in [0, 0.1) is 5.92 Å². The minimum atomic E-state index is 0.917. The Kier molecular flexibility index (Phi) is 5.07. The summed E-state index contributed by atoms with van der Waals surface area (Å²) in [6, 6.07) is 0. The van der Waals surface area contributed by atoms with Gasteiger partial charge in [-0.3, -0.25) is 0 Å². The van der Waals surface area contributed by atoms with Gasteiger partial charge in [-0.1, -0.05) is 13.3 Å². The highest BCUT2D eigenvalue weighted by molar-refractivity contribution is 4.76. The molecule has 2 fully saturated rings. The predicted molar refractivity (Wildman–Crippen MR) is 68.8 cm³/mol. The van der Waals surface area contributed by atoms with Gasteiger partial charge in [-0.15, -0.1) is 0 Å². The molecule has 0 aliphatic carbocycles. The molecule has 16 heavy (non-hydrogen) atoms. The summed E-state index contributed by atoms with van der Waals surface area (Å²) in [5, 5.41) is 3.43. The summed E-state index contributed by atoms with van der Waals surface area (Å²) in [5.41, 5.74) is 0. The SMILES string of the molecule is CCN1CCCCC(CN2CCNCC2)C1. The Morgan fingerprint density at radius 1 is 1.06 bits per heavy atom. The monoisotopic (exact) mass is 225 g/mol. The molecule has 0 amide bonds. The van der Waals surface area contributed by atoms with Crippen molar-refractivity contribution in [1.29, 1.82) is 0 Å². The first kappa shape index (κ1) is 12.3. The second-order valence-electron chi connectivity index (χ2n) is 5.31. The van der Waals surface area contributed by atoms with Crippen LogP contribution in [-0.4, -0.2) is 62.2 Å². The molecule has 0 bridgehead atoms. The first-order valence-corrected chi connectivity index (χ1v) is 7.04. The summed E-state index contributed by atoms with van der Waals surface area (Å²) >= 11 is 0. The highest BCUT2D eigenvalue weighted by atomic mass is 15.2. The lowest BCUT2D eigenvalue weighted by Crippen LogP contribution is -2.46. The fourth-order valence-corrected chi connectivity index (χ4v) is 3.01. The van der Waals surface area contributed by atoms with Gasteiger partial charge in [0.25, 0.3) is 0 Å². The Bertz CT molecular complexity index is 190. The third kappa shape index (κ3) is 3.72. The number of nitrogens with one attached hydrogen (secondary N) is 1. The van der Waals surface area contributed by atoms with E-state index in [9.17, 15) is 0 Å². The topological polar surface area (TPSA) is 18.5 Å². The van der Waals surface area contributed by atoms with Crippen LogP contribution in [0.4, 0.5) is 0 Å². The van der Waals surface area contributed by atoms with Crippen LogP contribution in [0.1, 0.15) is 26.2 Å². The number of piperazine rings is 1. The quantitative estimate of drug-likeness (QED) is 0.773. The van der Waals surface area contributed by atoms with Gasteiger partial charge in [0.2, 0.25) is 0 Å². The Morgan fingerprint density at radius 3 is 2.62 bits per heavy atom. The van der Waals surface area contributed by atoms with E-state index in [1.54, 1.807) is 0 Å². The van der Waals surface area contributed by atoms with Crippen LogP contribution >= 0.6 is 0 Å². The third-order valence-electron chi connectivity index (χ3n) is 4.03. The Balaban J connectivity index is 1.77. The Morgan fingerprint density at radius 2 is 1.88 bits per heavy atom. The molecule has 0 aromatic rings. The van der Waals surface area contributed by atoms with E-state index in [4.69, 9.17) is 0 Å². The zero-order valence-corrected chi connectivity index (χ0v) is 10.7. The summed E-state index contributed by atoms with van der Waals surface area (Å²) in [7, 11) is 0. The largest absolute Gasteiger partial charge is 0.314 e. The molecule has 0 aromatic carbocycles. The summed E-state index contributed by atoms with van der Waals surface area (Å²) < 4.78 is 0. The average Bonchev–Trinajstić information content (AvgIpc) is 2.55. The fraction of sp³-hybridized carbons (Fsp3) is 1.00. The average molecular weight is 225 g/mol. The van der Waals surface area contributed by atoms with E-state index in [0.717, 1.165) is 5.92 Å². The smallest absolute Gasteiger partial charge is 0.0107 e. The maximum absolute atomic E-state index is 3.43. The highest BCUT2D eigenvalue weighted by Gasteiger charge is 2.20. The maximum atomic E-state index is 3.43. The third-order valence-corrected chi connectivity index (χ3v) is 4.03. The summed E-state index contributed by atoms with van der Waals surface area (Å²) in [4.78, 5) is 5.29. The van der Waals surface area contributed by atoms with Crippen LogP contribution in [0.5, 0.6) is 0 Å². The molecule has 2 aliphatic rings. The van der Waals surface area contributed by atoms with Crippen molar-refractivity contribution < 1.29 is 0 Å². The molecular weight excluding hydrogens is 198 g/mol. The molecule has 0 radical (unpaired) electrons. The van der Waals surface area contributed by atoms with Gasteiger partial charge in [-0.25, -0.2) is 0 Å². The van der Waals surface area contributed by atoms with Crippen molar-refractivity contribution in [2.45, 2.75) is 26.2 Å². The first-order chi connectivity index (χ1) is 7.88. The van der Waals surface area contributed by atoms with E-state index in [0.29, 0.717) is 0 Å². The van der Waals surface area contributed by atoms with E-state index >= 15 is 0 Å². The van der Waals surface area contributed by atoms with Crippen LogP contribution < -0.4 is 5.32 Å². The molecule has 3 heteroatoms. The van der Waals surface area contributed by atoms with E-state index < -0.39 is 0 Å². The molecule has 0 spiro atoms. The molecule has 0 aromatic heterocycles. The van der Waals surface area contributed by atoms with Crippen LogP contribution in [0.25, 0.3) is 0 Å². The number of hydrogen-bond acceptors (Lipinski definition) is 3. The molecule has 2 aliphatic heterocycles. The fourth-order valence-electron chi connectivity index (χ4n) is 3.01. The van der Waals surface area contributed by atoms with Crippen LogP contribution in [-0.2, 0) is 0 Å². The highest BCUT2D eigenvalue weighted by Crippen LogP contribution is 2.17. The molecule has 3 nitrogen and oxygen atoms in total. The molecule has 94 valence electrons. The number of rotatable bonds is 3. The Labute approximate surface area is 100 Å². The number of likely N-dealkylation sites (tertiary alicyclic amines) is 1. The molecule has 1 N–H and O–H groups in total. The standard InChI is InChI=1S/C13H27N3/c1-2-15-8-4-3-5-13(11-15)12-16-9-6-14-7-10-16/h13-14H,2-12H2,1H3. The van der Waals surface area contributed by atoms with Crippen molar-refractivity contribution in [2.75, 3.05) is 52.4 Å². The van der Waals surface area contributed by atoms with Gasteiger partial charge in [0, 0.05) is 39.3 Å². The van der Waals surface area contributed by atoms with Crippen molar-refractivity contribution in [3.8, 4) is 0 Å². The number of nitrogens with zero attached hydrogens (tertiary/aromatic N) is 2. The van der Waals surface area contributed by atoms with Gasteiger partial charge in [0.05, 0.1) is 0 Å². The van der Waals surface area contributed by atoms with E-state index in [-0.39, 0.29) is 0 Å². The molecule has 2 rings (SSSR count). The zero-order chi connectivity index (χ0) is 11.2. The molecule has 0 saturated carbocycles. The van der Waals surface area contributed by atoms with Crippen LogP contribution in [0.15, 0.2) is 0 Å². The van der Waals surface area contributed by atoms with Gasteiger partial charge in [0.1, 0.15) is 0 Å². The maximum Gasteiger partial charge on any atom is 0.0107 e. The molecule has 2 saturated heterocycles. The van der Waals surface area contributed by atoms with Gasteiger partial charge in [0.15, 0.2) is 0 Å². The van der Waals surface area contributed by atoms with E-state index in [1.807, 2.05) is 0 Å². The van der Waals surface area contributed by atoms with Gasteiger partial charge < -0.3 is 15.1 Å². The second kappa shape index (κ2) is 6.58. The van der Waals surface area contributed by atoms with Crippen molar-refractivity contribution in [3.05, 3.63) is 0 Å². The molecule has 2 heterocycles. The van der Waals surface area contributed by atoms with Crippen LogP contribution in [0.2, 0.25) is 0 Å². The van der Waals surface area contributed by atoms with Crippen molar-refractivity contribution in [2.24, 2.45) is 5.92 Å². The molecular formula is C13H27N3. The summed E-state index contributed by atoms with van der Waals surface area (Å²) in [6.07, 6.45) is 4.29.